The van der Waals surface area contributed by atoms with Crippen molar-refractivity contribution in [2.75, 3.05) is 16.4 Å². The first kappa shape index (κ1) is 17.5. The van der Waals surface area contributed by atoms with E-state index in [4.69, 9.17) is 0 Å². The van der Waals surface area contributed by atoms with Gasteiger partial charge in [0.1, 0.15) is 0 Å². The fourth-order valence-electron chi connectivity index (χ4n) is 1.78. The van der Waals surface area contributed by atoms with Crippen LogP contribution in [-0.2, 0) is 9.59 Å². The van der Waals surface area contributed by atoms with Gasteiger partial charge in [-0.25, -0.2) is 4.98 Å². The average Bonchev–Trinajstić information content (AvgIpc) is 3.05. The summed E-state index contributed by atoms with van der Waals surface area (Å²) >= 11 is 2.84. The van der Waals surface area contributed by atoms with Crippen molar-refractivity contribution in [1.82, 2.24) is 4.98 Å². The molecule has 0 fully saturated rings. The van der Waals surface area contributed by atoms with E-state index in [9.17, 15) is 9.59 Å². The molecule has 0 bridgehead atoms. The zero-order chi connectivity index (χ0) is 16.5. The summed E-state index contributed by atoms with van der Waals surface area (Å²) in [5, 5.41) is 8.03. The van der Waals surface area contributed by atoms with Crippen molar-refractivity contribution in [2.45, 2.75) is 31.1 Å². The number of hydrogen-bond acceptors (Lipinski definition) is 5. The van der Waals surface area contributed by atoms with Crippen LogP contribution in [0.2, 0.25) is 0 Å². The van der Waals surface area contributed by atoms with Gasteiger partial charge in [-0.2, -0.15) is 0 Å². The van der Waals surface area contributed by atoms with E-state index in [2.05, 4.69) is 22.5 Å². The number of nitrogens with zero attached hydrogens (tertiary/aromatic N) is 1. The quantitative estimate of drug-likeness (QED) is 0.707. The van der Waals surface area contributed by atoms with Gasteiger partial charge in [0.05, 0.1) is 5.75 Å². The van der Waals surface area contributed by atoms with Crippen LogP contribution in [-0.4, -0.2) is 22.6 Å². The van der Waals surface area contributed by atoms with E-state index < -0.39 is 0 Å². The van der Waals surface area contributed by atoms with Crippen molar-refractivity contribution >= 4 is 45.7 Å². The number of unbranched alkanes of at least 4 members (excludes halogenated alkanes) is 1. The third-order valence-electron chi connectivity index (χ3n) is 2.94. The Morgan fingerprint density at radius 2 is 1.96 bits per heavy atom. The molecule has 5 nitrogen and oxygen atoms in total. The van der Waals surface area contributed by atoms with E-state index in [0.717, 1.165) is 23.4 Å². The van der Waals surface area contributed by atoms with Gasteiger partial charge < -0.3 is 10.6 Å². The van der Waals surface area contributed by atoms with Crippen molar-refractivity contribution in [2.24, 2.45) is 0 Å². The maximum atomic E-state index is 11.8. The van der Waals surface area contributed by atoms with Gasteiger partial charge in [-0.15, -0.1) is 23.1 Å². The normalized spacial score (nSPS) is 10.3. The lowest BCUT2D eigenvalue weighted by Gasteiger charge is -2.06. The number of anilines is 2. The molecule has 23 heavy (non-hydrogen) atoms. The number of hydrogen-bond donors (Lipinski definition) is 2. The molecule has 0 saturated carbocycles. The molecule has 0 radical (unpaired) electrons. The summed E-state index contributed by atoms with van der Waals surface area (Å²) in [6.45, 7) is 2.06. The van der Waals surface area contributed by atoms with E-state index in [-0.39, 0.29) is 11.8 Å². The predicted octanol–water partition coefficient (Wildman–Crippen LogP) is 4.00. The van der Waals surface area contributed by atoms with E-state index in [1.54, 1.807) is 6.20 Å². The Hall–Kier alpha value is -1.86. The molecule has 0 aliphatic rings. The summed E-state index contributed by atoms with van der Waals surface area (Å²) < 4.78 is 0. The molecule has 0 aliphatic heterocycles. The molecule has 1 aromatic heterocycles. The summed E-state index contributed by atoms with van der Waals surface area (Å²) in [5.41, 5.74) is 0.780. The highest BCUT2D eigenvalue weighted by Crippen LogP contribution is 2.21. The molecule has 0 spiro atoms. The second kappa shape index (κ2) is 9.32. The van der Waals surface area contributed by atoms with Crippen molar-refractivity contribution in [3.63, 3.8) is 0 Å². The summed E-state index contributed by atoms with van der Waals surface area (Å²) in [6.07, 6.45) is 4.10. The Kier molecular flexibility index (Phi) is 7.09. The zero-order valence-corrected chi connectivity index (χ0v) is 14.5. The van der Waals surface area contributed by atoms with Crippen molar-refractivity contribution in [3.05, 3.63) is 35.8 Å². The number of thioether (sulfide) groups is 1. The summed E-state index contributed by atoms with van der Waals surface area (Å²) in [6, 6.07) is 7.50. The lowest BCUT2D eigenvalue weighted by Crippen LogP contribution is -2.13. The Balaban J connectivity index is 1.76. The summed E-state index contributed by atoms with van der Waals surface area (Å²) in [7, 11) is 0. The Morgan fingerprint density at radius 1 is 1.17 bits per heavy atom. The van der Waals surface area contributed by atoms with Gasteiger partial charge in [-0.05, 0) is 30.7 Å². The molecule has 1 heterocycles. The number of aromatic nitrogens is 1. The van der Waals surface area contributed by atoms with Gasteiger partial charge in [0.25, 0.3) is 0 Å². The van der Waals surface area contributed by atoms with Gasteiger partial charge in [0.15, 0.2) is 5.13 Å². The lowest BCUT2D eigenvalue weighted by molar-refractivity contribution is -0.116. The highest BCUT2D eigenvalue weighted by Gasteiger charge is 2.06. The van der Waals surface area contributed by atoms with Crippen LogP contribution in [0.1, 0.15) is 26.2 Å². The van der Waals surface area contributed by atoms with E-state index >= 15 is 0 Å². The molecule has 1 aromatic carbocycles. The molecule has 0 atom stereocenters. The van der Waals surface area contributed by atoms with Crippen LogP contribution < -0.4 is 10.6 Å². The minimum atomic E-state index is -0.0816. The SMILES string of the molecule is CCCCC(=O)Nc1ccc(SCC(=O)Nc2nccs2)cc1. The van der Waals surface area contributed by atoms with Crippen LogP contribution in [0.15, 0.2) is 40.7 Å². The van der Waals surface area contributed by atoms with Crippen LogP contribution >= 0.6 is 23.1 Å². The number of rotatable bonds is 8. The number of amides is 2. The van der Waals surface area contributed by atoms with Gasteiger partial charge in [0, 0.05) is 28.6 Å². The first-order valence-electron chi connectivity index (χ1n) is 7.39. The second-order valence-corrected chi connectivity index (χ2v) is 6.79. The minimum absolute atomic E-state index is 0.0371. The first-order chi connectivity index (χ1) is 11.2. The molecule has 0 unspecified atom stereocenters. The summed E-state index contributed by atoms with van der Waals surface area (Å²) in [4.78, 5) is 28.4. The Morgan fingerprint density at radius 3 is 2.61 bits per heavy atom. The fourth-order valence-corrected chi connectivity index (χ4v) is 3.03. The number of thiazole rings is 1. The maximum Gasteiger partial charge on any atom is 0.236 e. The number of carbonyl (C=O) groups is 2. The van der Waals surface area contributed by atoms with Crippen molar-refractivity contribution in [3.8, 4) is 0 Å². The predicted molar refractivity (Wildman–Crippen MR) is 96.1 cm³/mol. The molecule has 0 aliphatic carbocycles. The van der Waals surface area contributed by atoms with Crippen molar-refractivity contribution in [1.29, 1.82) is 0 Å². The molecule has 2 N–H and O–H groups in total. The summed E-state index contributed by atoms with van der Waals surface area (Å²) in [5.74, 6) is 0.277. The molecular weight excluding hydrogens is 330 g/mol. The van der Waals surface area contributed by atoms with E-state index in [1.165, 1.54) is 23.1 Å². The Labute approximate surface area is 143 Å². The van der Waals surface area contributed by atoms with Gasteiger partial charge >= 0.3 is 0 Å². The standard InChI is InChI=1S/C16H19N3O2S2/c1-2-3-4-14(20)18-12-5-7-13(8-6-12)23-11-15(21)19-16-17-9-10-22-16/h5-10H,2-4,11H2,1H3,(H,18,20)(H,17,19,21). The van der Waals surface area contributed by atoms with Crippen LogP contribution in [0.25, 0.3) is 0 Å². The molecule has 0 saturated heterocycles. The molecule has 122 valence electrons. The molecule has 2 rings (SSSR count). The number of carbonyl (C=O) groups excluding carboxylic acids is 2. The van der Waals surface area contributed by atoms with Crippen LogP contribution in [0.3, 0.4) is 0 Å². The Bertz CT molecular complexity index is 627. The third-order valence-corrected chi connectivity index (χ3v) is 4.64. The molecule has 2 amide bonds. The van der Waals surface area contributed by atoms with Crippen molar-refractivity contribution < 1.29 is 9.59 Å². The minimum Gasteiger partial charge on any atom is -0.326 e. The number of nitrogens with one attached hydrogen (secondary N) is 2. The van der Waals surface area contributed by atoms with Gasteiger partial charge in [-0.1, -0.05) is 13.3 Å². The smallest absolute Gasteiger partial charge is 0.236 e. The highest BCUT2D eigenvalue weighted by atomic mass is 32.2. The van der Waals surface area contributed by atoms with Gasteiger partial charge in [0.2, 0.25) is 11.8 Å². The largest absolute Gasteiger partial charge is 0.326 e. The second-order valence-electron chi connectivity index (χ2n) is 4.85. The first-order valence-corrected chi connectivity index (χ1v) is 9.26. The van der Waals surface area contributed by atoms with Crippen LogP contribution in [0, 0.1) is 0 Å². The molecule has 7 heteroatoms. The topological polar surface area (TPSA) is 71.1 Å². The monoisotopic (exact) mass is 349 g/mol. The molecular formula is C16H19N3O2S2. The van der Waals surface area contributed by atoms with Crippen LogP contribution in [0.4, 0.5) is 10.8 Å². The molecule has 2 aromatic rings. The number of benzene rings is 1. The van der Waals surface area contributed by atoms with Gasteiger partial charge in [-0.3, -0.25) is 9.59 Å². The highest BCUT2D eigenvalue weighted by molar-refractivity contribution is 8.00. The third kappa shape index (κ3) is 6.42. The van der Waals surface area contributed by atoms with E-state index in [1.807, 2.05) is 29.6 Å². The fraction of sp³-hybridized carbons (Fsp3) is 0.312. The van der Waals surface area contributed by atoms with Crippen LogP contribution in [0.5, 0.6) is 0 Å². The average molecular weight is 349 g/mol. The zero-order valence-electron chi connectivity index (χ0n) is 12.9. The lowest BCUT2D eigenvalue weighted by atomic mass is 10.2. The maximum absolute atomic E-state index is 11.8. The van der Waals surface area contributed by atoms with E-state index in [0.29, 0.717) is 17.3 Å².